The van der Waals surface area contributed by atoms with Crippen molar-refractivity contribution in [3.63, 3.8) is 0 Å². The van der Waals surface area contributed by atoms with Crippen molar-refractivity contribution in [3.05, 3.63) is 48.3 Å². The molecule has 3 aromatic rings. The maximum absolute atomic E-state index is 6.06. The van der Waals surface area contributed by atoms with Crippen molar-refractivity contribution in [2.24, 2.45) is 0 Å². The number of benzene rings is 2. The van der Waals surface area contributed by atoms with Gasteiger partial charge in [0.05, 0.1) is 25.6 Å². The summed E-state index contributed by atoms with van der Waals surface area (Å²) in [5, 5.41) is 0. The van der Waals surface area contributed by atoms with Gasteiger partial charge in [0, 0.05) is 5.69 Å². The fourth-order valence-corrected chi connectivity index (χ4v) is 2.57. The van der Waals surface area contributed by atoms with Crippen molar-refractivity contribution in [1.29, 1.82) is 0 Å². The fraction of sp³-hybridized carbons (Fsp3) is 0.188. The van der Waals surface area contributed by atoms with Crippen LogP contribution in [0.3, 0.4) is 0 Å². The molecule has 0 fully saturated rings. The summed E-state index contributed by atoms with van der Waals surface area (Å²) in [6.45, 7) is 0. The van der Waals surface area contributed by atoms with E-state index < -0.39 is 0 Å². The van der Waals surface area contributed by atoms with Crippen LogP contribution in [-0.2, 0) is 5.88 Å². The highest BCUT2D eigenvalue weighted by atomic mass is 35.5. The third-order valence-corrected chi connectivity index (χ3v) is 3.63. The monoisotopic (exact) mass is 302 g/mol. The smallest absolute Gasteiger partial charge is 0.146 e. The molecule has 0 bridgehead atoms. The van der Waals surface area contributed by atoms with Gasteiger partial charge in [-0.2, -0.15) is 0 Å². The minimum absolute atomic E-state index is 0.323. The number of alkyl halides is 1. The van der Waals surface area contributed by atoms with Crippen molar-refractivity contribution in [2.75, 3.05) is 14.2 Å². The molecule has 4 nitrogen and oxygen atoms in total. The van der Waals surface area contributed by atoms with Gasteiger partial charge in [0.15, 0.2) is 0 Å². The molecular formula is C16H15ClN2O2. The molecule has 0 radical (unpaired) electrons. The molecule has 0 aliphatic rings. The van der Waals surface area contributed by atoms with Crippen LogP contribution in [0.4, 0.5) is 0 Å². The maximum Gasteiger partial charge on any atom is 0.146 e. The third kappa shape index (κ3) is 2.32. The molecule has 1 heterocycles. The van der Waals surface area contributed by atoms with E-state index in [1.807, 2.05) is 47.0 Å². The summed E-state index contributed by atoms with van der Waals surface area (Å²) >= 11 is 6.06. The van der Waals surface area contributed by atoms with E-state index >= 15 is 0 Å². The lowest BCUT2D eigenvalue weighted by atomic mass is 10.2. The van der Waals surface area contributed by atoms with Crippen LogP contribution in [0.1, 0.15) is 5.82 Å². The van der Waals surface area contributed by atoms with Crippen LogP contribution in [0.15, 0.2) is 42.5 Å². The van der Waals surface area contributed by atoms with E-state index in [2.05, 4.69) is 4.98 Å². The molecule has 0 aliphatic heterocycles. The van der Waals surface area contributed by atoms with Gasteiger partial charge in [-0.1, -0.05) is 6.07 Å². The minimum atomic E-state index is 0.323. The molecule has 1 aromatic heterocycles. The lowest BCUT2D eigenvalue weighted by molar-refractivity contribution is 0.414. The summed E-state index contributed by atoms with van der Waals surface area (Å²) in [5.74, 6) is 2.66. The van der Waals surface area contributed by atoms with Gasteiger partial charge in [-0.3, -0.25) is 4.57 Å². The van der Waals surface area contributed by atoms with Gasteiger partial charge in [-0.05, 0) is 36.4 Å². The molecule has 0 saturated heterocycles. The first-order valence-corrected chi connectivity index (χ1v) is 7.06. The average molecular weight is 303 g/mol. The third-order valence-electron chi connectivity index (χ3n) is 3.39. The summed E-state index contributed by atoms with van der Waals surface area (Å²) < 4.78 is 12.6. The predicted molar refractivity (Wildman–Crippen MR) is 83.7 cm³/mol. The zero-order valence-electron chi connectivity index (χ0n) is 11.8. The van der Waals surface area contributed by atoms with Gasteiger partial charge < -0.3 is 9.47 Å². The molecule has 5 heteroatoms. The second kappa shape index (κ2) is 5.66. The van der Waals surface area contributed by atoms with E-state index in [1.54, 1.807) is 14.2 Å². The highest BCUT2D eigenvalue weighted by Gasteiger charge is 2.14. The van der Waals surface area contributed by atoms with Crippen LogP contribution in [0.2, 0.25) is 0 Å². The largest absolute Gasteiger partial charge is 0.497 e. The standard InChI is InChI=1S/C16H15ClN2O2/c1-20-12-8-6-11(7-9-12)19-13-4-3-5-14(21-2)16(13)18-15(19)10-17/h3-9H,10H2,1-2H3. The first-order chi connectivity index (χ1) is 10.3. The Morgan fingerprint density at radius 1 is 1.05 bits per heavy atom. The molecule has 2 aromatic carbocycles. The Hall–Kier alpha value is -2.20. The number of ether oxygens (including phenoxy) is 2. The summed E-state index contributed by atoms with van der Waals surface area (Å²) in [5.41, 5.74) is 2.77. The van der Waals surface area contributed by atoms with Crippen molar-refractivity contribution in [3.8, 4) is 17.2 Å². The molecular weight excluding hydrogens is 288 g/mol. The molecule has 0 spiro atoms. The van der Waals surface area contributed by atoms with E-state index in [9.17, 15) is 0 Å². The summed E-state index contributed by atoms with van der Waals surface area (Å²) in [7, 11) is 3.29. The molecule has 21 heavy (non-hydrogen) atoms. The van der Waals surface area contributed by atoms with Crippen molar-refractivity contribution in [2.45, 2.75) is 5.88 Å². The van der Waals surface area contributed by atoms with E-state index in [4.69, 9.17) is 21.1 Å². The number of rotatable bonds is 4. The quantitative estimate of drug-likeness (QED) is 0.688. The Balaban J connectivity index is 2.24. The Morgan fingerprint density at radius 2 is 1.81 bits per heavy atom. The number of hydrogen-bond donors (Lipinski definition) is 0. The van der Waals surface area contributed by atoms with Gasteiger partial charge in [-0.15, -0.1) is 11.6 Å². The topological polar surface area (TPSA) is 36.3 Å². The summed E-state index contributed by atoms with van der Waals surface area (Å²) in [6, 6.07) is 13.6. The van der Waals surface area contributed by atoms with Crippen LogP contribution in [0, 0.1) is 0 Å². The number of nitrogens with zero attached hydrogens (tertiary/aromatic N) is 2. The lowest BCUT2D eigenvalue weighted by Gasteiger charge is -2.09. The molecule has 0 unspecified atom stereocenters. The van der Waals surface area contributed by atoms with Gasteiger partial charge in [0.2, 0.25) is 0 Å². The number of halogens is 1. The van der Waals surface area contributed by atoms with E-state index in [0.717, 1.165) is 34.0 Å². The van der Waals surface area contributed by atoms with Gasteiger partial charge >= 0.3 is 0 Å². The van der Waals surface area contributed by atoms with Crippen LogP contribution in [0.25, 0.3) is 16.7 Å². The normalized spacial score (nSPS) is 10.8. The van der Waals surface area contributed by atoms with Crippen LogP contribution < -0.4 is 9.47 Å². The second-order valence-corrected chi connectivity index (χ2v) is 4.79. The molecule has 0 N–H and O–H groups in total. The molecule has 0 aliphatic carbocycles. The molecule has 0 amide bonds. The van der Waals surface area contributed by atoms with Crippen LogP contribution >= 0.6 is 11.6 Å². The van der Waals surface area contributed by atoms with Gasteiger partial charge in [0.25, 0.3) is 0 Å². The number of hydrogen-bond acceptors (Lipinski definition) is 3. The summed E-state index contributed by atoms with van der Waals surface area (Å²) in [4.78, 5) is 4.60. The SMILES string of the molecule is COc1ccc(-n2c(CCl)nc3c(OC)cccc32)cc1. The predicted octanol–water partition coefficient (Wildman–Crippen LogP) is 3.78. The van der Waals surface area contributed by atoms with Crippen LogP contribution in [-0.4, -0.2) is 23.8 Å². The minimum Gasteiger partial charge on any atom is -0.497 e. The number of fused-ring (bicyclic) bond motifs is 1. The van der Waals surface area contributed by atoms with E-state index in [0.29, 0.717) is 5.88 Å². The van der Waals surface area contributed by atoms with Crippen molar-refractivity contribution < 1.29 is 9.47 Å². The van der Waals surface area contributed by atoms with E-state index in [1.165, 1.54) is 0 Å². The molecule has 0 atom stereocenters. The molecule has 0 saturated carbocycles. The van der Waals surface area contributed by atoms with Crippen molar-refractivity contribution in [1.82, 2.24) is 9.55 Å². The number of aromatic nitrogens is 2. The van der Waals surface area contributed by atoms with Gasteiger partial charge in [-0.25, -0.2) is 4.98 Å². The summed E-state index contributed by atoms with van der Waals surface area (Å²) in [6.07, 6.45) is 0. The van der Waals surface area contributed by atoms with Crippen LogP contribution in [0.5, 0.6) is 11.5 Å². The number of para-hydroxylation sites is 1. The highest BCUT2D eigenvalue weighted by Crippen LogP contribution is 2.29. The Bertz CT molecular complexity index is 766. The molecule has 108 valence electrons. The zero-order valence-corrected chi connectivity index (χ0v) is 12.6. The first-order valence-electron chi connectivity index (χ1n) is 6.53. The average Bonchev–Trinajstić information content (AvgIpc) is 2.93. The van der Waals surface area contributed by atoms with Gasteiger partial charge in [0.1, 0.15) is 22.8 Å². The Labute approximate surface area is 127 Å². The Morgan fingerprint density at radius 3 is 2.43 bits per heavy atom. The first kappa shape index (κ1) is 13.8. The fourth-order valence-electron chi connectivity index (χ4n) is 2.40. The zero-order chi connectivity index (χ0) is 14.8. The van der Waals surface area contributed by atoms with Crippen molar-refractivity contribution >= 4 is 22.6 Å². The number of methoxy groups -OCH3 is 2. The lowest BCUT2D eigenvalue weighted by Crippen LogP contribution is -1.99. The maximum atomic E-state index is 6.06. The second-order valence-electron chi connectivity index (χ2n) is 4.52. The number of imidazole rings is 1. The molecule has 3 rings (SSSR count). The van der Waals surface area contributed by atoms with E-state index in [-0.39, 0.29) is 0 Å². The Kier molecular flexibility index (Phi) is 3.71. The highest BCUT2D eigenvalue weighted by molar-refractivity contribution is 6.17.